The van der Waals surface area contributed by atoms with Crippen molar-refractivity contribution >= 4 is 23.4 Å². The van der Waals surface area contributed by atoms with E-state index in [1.54, 1.807) is 9.80 Å². The fraction of sp³-hybridized carbons (Fsp3) is 0.348. The van der Waals surface area contributed by atoms with Crippen molar-refractivity contribution < 1.29 is 31.9 Å². The van der Waals surface area contributed by atoms with Gasteiger partial charge < -0.3 is 10.2 Å². The van der Waals surface area contributed by atoms with Gasteiger partial charge in [-0.05, 0) is 30.7 Å². The van der Waals surface area contributed by atoms with Crippen molar-refractivity contribution in [2.24, 2.45) is 0 Å². The molecule has 0 aliphatic carbocycles. The molecule has 2 aromatic carbocycles. The molecule has 1 atom stereocenters. The number of piperazine rings is 1. The lowest BCUT2D eigenvalue weighted by Crippen LogP contribution is -2.56. The molecule has 7 nitrogen and oxygen atoms in total. The lowest BCUT2D eigenvalue weighted by Gasteiger charge is -2.37. The second kappa shape index (κ2) is 8.71. The summed E-state index contributed by atoms with van der Waals surface area (Å²) in [5.74, 6) is -2.19. The number of hydrogen-bond donors (Lipinski definition) is 1. The molecule has 4 rings (SSSR count). The monoisotopic (exact) mass is 478 g/mol. The number of carbonyl (C=O) groups excluding carboxylic acids is 3. The van der Waals surface area contributed by atoms with Gasteiger partial charge in [0, 0.05) is 31.7 Å². The summed E-state index contributed by atoms with van der Waals surface area (Å²) in [4.78, 5) is 40.9. The molecule has 180 valence electrons. The highest BCUT2D eigenvalue weighted by atomic mass is 19.4. The minimum Gasteiger partial charge on any atom is -0.367 e. The van der Waals surface area contributed by atoms with E-state index < -0.39 is 29.5 Å². The van der Waals surface area contributed by atoms with E-state index in [0.717, 1.165) is 18.2 Å². The van der Waals surface area contributed by atoms with E-state index in [-0.39, 0.29) is 36.7 Å². The van der Waals surface area contributed by atoms with E-state index in [1.165, 1.54) is 37.3 Å². The van der Waals surface area contributed by atoms with Crippen LogP contribution >= 0.6 is 0 Å². The van der Waals surface area contributed by atoms with Crippen LogP contribution in [0.1, 0.15) is 22.8 Å². The maximum atomic E-state index is 14.5. The van der Waals surface area contributed by atoms with Crippen molar-refractivity contribution in [3.8, 4) is 0 Å². The number of Topliss-reactive ketones (excluding diaryl/α,β-unsaturated/α-hetero) is 1. The van der Waals surface area contributed by atoms with Crippen LogP contribution in [0.5, 0.6) is 0 Å². The van der Waals surface area contributed by atoms with E-state index in [0.29, 0.717) is 23.7 Å². The van der Waals surface area contributed by atoms with Crippen molar-refractivity contribution in [1.82, 2.24) is 15.1 Å². The molecule has 2 aromatic rings. The van der Waals surface area contributed by atoms with Crippen LogP contribution in [0.3, 0.4) is 0 Å². The summed E-state index contributed by atoms with van der Waals surface area (Å²) in [5.41, 5.74) is -2.95. The van der Waals surface area contributed by atoms with Crippen molar-refractivity contribution in [2.75, 3.05) is 37.7 Å². The van der Waals surface area contributed by atoms with Gasteiger partial charge in [0.2, 0.25) is 5.54 Å². The normalized spacial score (nSPS) is 21.7. The minimum atomic E-state index is -5.04. The molecule has 1 unspecified atom stereocenters. The molecule has 0 spiro atoms. The molecule has 11 heteroatoms. The fourth-order valence-electron chi connectivity index (χ4n) is 4.26. The zero-order chi connectivity index (χ0) is 24.7. The van der Waals surface area contributed by atoms with Crippen LogP contribution in [0, 0.1) is 5.82 Å². The van der Waals surface area contributed by atoms with Crippen LogP contribution in [0.15, 0.2) is 48.5 Å². The number of amides is 3. The van der Waals surface area contributed by atoms with Crippen LogP contribution in [-0.2, 0) is 10.3 Å². The molecule has 2 aliphatic heterocycles. The van der Waals surface area contributed by atoms with Crippen LogP contribution < -0.4 is 10.2 Å². The van der Waals surface area contributed by atoms with Gasteiger partial charge in [-0.2, -0.15) is 13.2 Å². The second-order valence-electron chi connectivity index (χ2n) is 8.25. The molecule has 2 heterocycles. The zero-order valence-electron chi connectivity index (χ0n) is 18.2. The fourth-order valence-corrected chi connectivity index (χ4v) is 4.26. The number of nitrogens with zero attached hydrogens (tertiary/aromatic N) is 3. The molecule has 2 saturated heterocycles. The third kappa shape index (κ3) is 4.00. The number of alkyl halides is 3. The number of anilines is 1. The van der Waals surface area contributed by atoms with E-state index in [1.807, 2.05) is 5.32 Å². The molecule has 0 aromatic heterocycles. The maximum absolute atomic E-state index is 14.5. The van der Waals surface area contributed by atoms with Crippen LogP contribution in [-0.4, -0.2) is 66.5 Å². The number of carbonyl (C=O) groups is 3. The number of halogens is 4. The number of benzene rings is 2. The molecule has 3 amide bonds. The molecular formula is C23H22F4N4O3. The SMILES string of the molecule is CC(=O)c1ccc(N2CCN(CN3C(=O)NC(c4ccccc4)(C(F)(F)F)C3=O)CC2)c(F)c1. The number of nitrogens with one attached hydrogen (secondary N) is 1. The Morgan fingerprint density at radius 3 is 2.24 bits per heavy atom. The molecule has 0 bridgehead atoms. The Labute approximate surface area is 192 Å². The Morgan fingerprint density at radius 1 is 1.03 bits per heavy atom. The maximum Gasteiger partial charge on any atom is 0.425 e. The van der Waals surface area contributed by atoms with E-state index in [2.05, 4.69) is 0 Å². The molecular weight excluding hydrogens is 456 g/mol. The van der Waals surface area contributed by atoms with Gasteiger partial charge in [0.15, 0.2) is 5.78 Å². The summed E-state index contributed by atoms with van der Waals surface area (Å²) < 4.78 is 56.7. The first kappa shape index (κ1) is 23.7. The zero-order valence-corrected chi connectivity index (χ0v) is 18.2. The highest BCUT2D eigenvalue weighted by molar-refractivity contribution is 6.08. The average Bonchev–Trinajstić information content (AvgIpc) is 3.06. The van der Waals surface area contributed by atoms with Crippen molar-refractivity contribution in [3.63, 3.8) is 0 Å². The number of ketones is 1. The van der Waals surface area contributed by atoms with Crippen LogP contribution in [0.25, 0.3) is 0 Å². The predicted molar refractivity (Wildman–Crippen MR) is 115 cm³/mol. The standard InChI is InChI=1S/C23H22F4N4O3/c1-15(32)16-7-8-19(18(24)13-16)30-11-9-29(10-12-30)14-31-20(33)22(23(25,26)27,28-21(31)34)17-5-3-2-4-6-17/h2-8,13H,9-12,14H2,1H3,(H,28,34). The van der Waals surface area contributed by atoms with Crippen molar-refractivity contribution in [2.45, 2.75) is 18.6 Å². The largest absolute Gasteiger partial charge is 0.425 e. The summed E-state index contributed by atoms with van der Waals surface area (Å²) in [7, 11) is 0. The molecule has 1 N–H and O–H groups in total. The van der Waals surface area contributed by atoms with Crippen molar-refractivity contribution in [1.29, 1.82) is 0 Å². The van der Waals surface area contributed by atoms with E-state index in [4.69, 9.17) is 0 Å². The van der Waals surface area contributed by atoms with Gasteiger partial charge in [-0.15, -0.1) is 0 Å². The predicted octanol–water partition coefficient (Wildman–Crippen LogP) is 3.12. The first-order valence-electron chi connectivity index (χ1n) is 10.6. The number of urea groups is 1. The summed E-state index contributed by atoms with van der Waals surface area (Å²) >= 11 is 0. The van der Waals surface area contributed by atoms with Gasteiger partial charge in [0.1, 0.15) is 5.82 Å². The first-order chi connectivity index (χ1) is 16.0. The van der Waals surface area contributed by atoms with Gasteiger partial charge in [0.25, 0.3) is 5.91 Å². The smallest absolute Gasteiger partial charge is 0.367 e. The lowest BCUT2D eigenvalue weighted by molar-refractivity contribution is -0.198. The van der Waals surface area contributed by atoms with E-state index >= 15 is 0 Å². The summed E-state index contributed by atoms with van der Waals surface area (Å²) in [6.07, 6.45) is -5.04. The molecule has 2 fully saturated rings. The van der Waals surface area contributed by atoms with Gasteiger partial charge in [-0.1, -0.05) is 30.3 Å². The highest BCUT2D eigenvalue weighted by Crippen LogP contribution is 2.43. The quantitative estimate of drug-likeness (QED) is 0.406. The average molecular weight is 478 g/mol. The van der Waals surface area contributed by atoms with Crippen LogP contribution in [0.2, 0.25) is 0 Å². The van der Waals surface area contributed by atoms with Crippen molar-refractivity contribution in [3.05, 3.63) is 65.5 Å². The third-order valence-electron chi connectivity index (χ3n) is 6.15. The van der Waals surface area contributed by atoms with Gasteiger partial charge >= 0.3 is 12.2 Å². The van der Waals surface area contributed by atoms with E-state index in [9.17, 15) is 31.9 Å². The Balaban J connectivity index is 1.47. The number of rotatable bonds is 5. The van der Waals surface area contributed by atoms with Gasteiger partial charge in [-0.25, -0.2) is 14.1 Å². The highest BCUT2D eigenvalue weighted by Gasteiger charge is 2.68. The number of imide groups is 1. The third-order valence-corrected chi connectivity index (χ3v) is 6.15. The number of hydrogen-bond acceptors (Lipinski definition) is 5. The Kier molecular flexibility index (Phi) is 6.07. The summed E-state index contributed by atoms with van der Waals surface area (Å²) in [5, 5.41) is 1.87. The Morgan fingerprint density at radius 2 is 1.68 bits per heavy atom. The topological polar surface area (TPSA) is 73.0 Å². The lowest BCUT2D eigenvalue weighted by atomic mass is 9.89. The molecule has 34 heavy (non-hydrogen) atoms. The Hall–Kier alpha value is -3.47. The first-order valence-corrected chi connectivity index (χ1v) is 10.6. The molecule has 2 aliphatic rings. The molecule has 0 radical (unpaired) electrons. The summed E-state index contributed by atoms with van der Waals surface area (Å²) in [6, 6.07) is 9.63. The Bertz CT molecular complexity index is 1120. The summed E-state index contributed by atoms with van der Waals surface area (Å²) in [6.45, 7) is 2.24. The van der Waals surface area contributed by atoms with Gasteiger partial charge in [0.05, 0.1) is 12.4 Å². The minimum absolute atomic E-state index is 0.255. The van der Waals surface area contributed by atoms with Gasteiger partial charge in [-0.3, -0.25) is 14.5 Å². The second-order valence-corrected chi connectivity index (χ2v) is 8.25. The van der Waals surface area contributed by atoms with Crippen LogP contribution in [0.4, 0.5) is 28.0 Å². The molecule has 0 saturated carbocycles.